The standard InChI is InChI=1S/C18H18ClNO3/c1-3-13-4-6-14(7-5-13)18(22)23-12(2)17(21)20-16-10-8-15(19)9-11-16/h4-12H,3H2,1-2H3,(H,20,21)/t12-/m0/s1. The molecule has 2 rings (SSSR count). The molecule has 2 aromatic carbocycles. The molecule has 0 fully saturated rings. The predicted octanol–water partition coefficient (Wildman–Crippen LogP) is 4.09. The first-order valence-corrected chi connectivity index (χ1v) is 7.73. The molecule has 4 nitrogen and oxygen atoms in total. The smallest absolute Gasteiger partial charge is 0.338 e. The van der Waals surface area contributed by atoms with Crippen molar-refractivity contribution in [3.8, 4) is 0 Å². The Hall–Kier alpha value is -2.33. The number of hydrogen-bond donors (Lipinski definition) is 1. The fourth-order valence-corrected chi connectivity index (χ4v) is 2.06. The van der Waals surface area contributed by atoms with E-state index in [1.807, 2.05) is 19.1 Å². The van der Waals surface area contributed by atoms with Crippen molar-refractivity contribution < 1.29 is 14.3 Å². The van der Waals surface area contributed by atoms with Gasteiger partial charge < -0.3 is 10.1 Å². The van der Waals surface area contributed by atoms with Gasteiger partial charge in [-0.3, -0.25) is 4.79 Å². The molecule has 5 heteroatoms. The molecule has 0 saturated carbocycles. The minimum Gasteiger partial charge on any atom is -0.449 e. The number of carbonyl (C=O) groups excluding carboxylic acids is 2. The van der Waals surface area contributed by atoms with Crippen LogP contribution in [-0.4, -0.2) is 18.0 Å². The molecule has 0 unspecified atom stereocenters. The lowest BCUT2D eigenvalue weighted by Crippen LogP contribution is -2.30. The van der Waals surface area contributed by atoms with Crippen LogP contribution in [0.25, 0.3) is 0 Å². The Kier molecular flexibility index (Phi) is 5.77. The van der Waals surface area contributed by atoms with Gasteiger partial charge in [-0.2, -0.15) is 0 Å². The van der Waals surface area contributed by atoms with Crippen molar-refractivity contribution in [2.24, 2.45) is 0 Å². The average molecular weight is 332 g/mol. The van der Waals surface area contributed by atoms with Crippen LogP contribution in [0.5, 0.6) is 0 Å². The molecule has 0 bridgehead atoms. The molecule has 0 spiro atoms. The molecule has 0 heterocycles. The third kappa shape index (κ3) is 4.83. The number of amides is 1. The Balaban J connectivity index is 1.94. The number of rotatable bonds is 5. The highest BCUT2D eigenvalue weighted by Crippen LogP contribution is 2.14. The zero-order valence-corrected chi connectivity index (χ0v) is 13.8. The first-order chi connectivity index (χ1) is 11.0. The Bertz CT molecular complexity index is 680. The Morgan fingerprint density at radius 1 is 1.09 bits per heavy atom. The van der Waals surface area contributed by atoms with Gasteiger partial charge in [-0.1, -0.05) is 30.7 Å². The van der Waals surface area contributed by atoms with Crippen LogP contribution in [0.4, 0.5) is 5.69 Å². The highest BCUT2D eigenvalue weighted by atomic mass is 35.5. The number of halogens is 1. The van der Waals surface area contributed by atoms with Gasteiger partial charge in [0.1, 0.15) is 0 Å². The maximum atomic E-state index is 12.0. The number of benzene rings is 2. The van der Waals surface area contributed by atoms with Gasteiger partial charge in [-0.25, -0.2) is 4.79 Å². The summed E-state index contributed by atoms with van der Waals surface area (Å²) in [4.78, 5) is 24.1. The van der Waals surface area contributed by atoms with E-state index >= 15 is 0 Å². The normalized spacial score (nSPS) is 11.6. The summed E-state index contributed by atoms with van der Waals surface area (Å²) >= 11 is 5.79. The lowest BCUT2D eigenvalue weighted by atomic mass is 10.1. The zero-order chi connectivity index (χ0) is 16.8. The first-order valence-electron chi connectivity index (χ1n) is 7.36. The summed E-state index contributed by atoms with van der Waals surface area (Å²) in [6, 6.07) is 13.8. The minimum absolute atomic E-state index is 0.397. The number of ether oxygens (including phenoxy) is 1. The maximum Gasteiger partial charge on any atom is 0.338 e. The zero-order valence-electron chi connectivity index (χ0n) is 13.0. The summed E-state index contributed by atoms with van der Waals surface area (Å²) in [5, 5.41) is 3.25. The van der Waals surface area contributed by atoms with Gasteiger partial charge in [0, 0.05) is 10.7 Å². The van der Waals surface area contributed by atoms with E-state index in [-0.39, 0.29) is 0 Å². The van der Waals surface area contributed by atoms with E-state index in [9.17, 15) is 9.59 Å². The number of carbonyl (C=O) groups is 2. The second-order valence-electron chi connectivity index (χ2n) is 5.09. The van der Waals surface area contributed by atoms with Crippen molar-refractivity contribution in [2.45, 2.75) is 26.4 Å². The number of hydrogen-bond acceptors (Lipinski definition) is 3. The molecule has 1 N–H and O–H groups in total. The summed E-state index contributed by atoms with van der Waals surface area (Å²) < 4.78 is 5.19. The van der Waals surface area contributed by atoms with Crippen molar-refractivity contribution >= 4 is 29.2 Å². The molecule has 1 atom stereocenters. The molecule has 0 saturated heterocycles. The Labute approximate surface area is 140 Å². The Morgan fingerprint density at radius 2 is 1.70 bits per heavy atom. The first kappa shape index (κ1) is 17.0. The summed E-state index contributed by atoms with van der Waals surface area (Å²) in [6.07, 6.45) is -0.00100. The molecular formula is C18H18ClNO3. The van der Waals surface area contributed by atoms with Crippen LogP contribution < -0.4 is 5.32 Å². The van der Waals surface area contributed by atoms with Gasteiger partial charge in [-0.15, -0.1) is 0 Å². The molecule has 120 valence electrons. The summed E-state index contributed by atoms with van der Waals surface area (Å²) in [5.74, 6) is -0.919. The third-order valence-electron chi connectivity index (χ3n) is 3.36. The van der Waals surface area contributed by atoms with E-state index in [1.54, 1.807) is 36.4 Å². The fourth-order valence-electron chi connectivity index (χ4n) is 1.94. The van der Waals surface area contributed by atoms with Crippen molar-refractivity contribution in [1.29, 1.82) is 0 Å². The molecule has 1 amide bonds. The van der Waals surface area contributed by atoms with Gasteiger partial charge in [0.15, 0.2) is 6.10 Å². The molecule has 0 aliphatic carbocycles. The largest absolute Gasteiger partial charge is 0.449 e. The number of aryl methyl sites for hydroxylation is 1. The molecule has 0 aliphatic rings. The van der Waals surface area contributed by atoms with Crippen LogP contribution in [0, 0.1) is 0 Å². The van der Waals surface area contributed by atoms with E-state index in [1.165, 1.54) is 6.92 Å². The average Bonchev–Trinajstić information content (AvgIpc) is 2.56. The lowest BCUT2D eigenvalue weighted by Gasteiger charge is -2.13. The van der Waals surface area contributed by atoms with Gasteiger partial charge in [-0.05, 0) is 55.3 Å². The lowest BCUT2D eigenvalue weighted by molar-refractivity contribution is -0.123. The highest BCUT2D eigenvalue weighted by molar-refractivity contribution is 6.30. The number of esters is 1. The van der Waals surface area contributed by atoms with E-state index in [0.29, 0.717) is 16.3 Å². The minimum atomic E-state index is -0.899. The van der Waals surface area contributed by atoms with E-state index in [0.717, 1.165) is 12.0 Å². The molecule has 0 aromatic heterocycles. The molecule has 23 heavy (non-hydrogen) atoms. The summed E-state index contributed by atoms with van der Waals surface area (Å²) in [5.41, 5.74) is 2.15. The highest BCUT2D eigenvalue weighted by Gasteiger charge is 2.19. The van der Waals surface area contributed by atoms with Crippen LogP contribution in [-0.2, 0) is 16.0 Å². The van der Waals surface area contributed by atoms with Crippen LogP contribution in [0.2, 0.25) is 5.02 Å². The van der Waals surface area contributed by atoms with Crippen molar-refractivity contribution in [3.05, 3.63) is 64.7 Å². The molecule has 0 aliphatic heterocycles. The second kappa shape index (κ2) is 7.79. The van der Waals surface area contributed by atoms with E-state index < -0.39 is 18.0 Å². The van der Waals surface area contributed by atoms with Gasteiger partial charge >= 0.3 is 5.97 Å². The number of nitrogens with one attached hydrogen (secondary N) is 1. The van der Waals surface area contributed by atoms with Crippen molar-refractivity contribution in [2.75, 3.05) is 5.32 Å². The van der Waals surface area contributed by atoms with Crippen molar-refractivity contribution in [1.82, 2.24) is 0 Å². The number of anilines is 1. The quantitative estimate of drug-likeness (QED) is 0.840. The van der Waals surface area contributed by atoms with Gasteiger partial charge in [0.25, 0.3) is 5.91 Å². The van der Waals surface area contributed by atoms with Gasteiger partial charge in [0.2, 0.25) is 0 Å². The van der Waals surface area contributed by atoms with Crippen molar-refractivity contribution in [3.63, 3.8) is 0 Å². The molecule has 2 aromatic rings. The molecular weight excluding hydrogens is 314 g/mol. The van der Waals surface area contributed by atoms with Gasteiger partial charge in [0.05, 0.1) is 5.56 Å². The summed E-state index contributed by atoms with van der Waals surface area (Å²) in [6.45, 7) is 3.57. The van der Waals surface area contributed by atoms with E-state index in [2.05, 4.69) is 5.32 Å². The monoisotopic (exact) mass is 331 g/mol. The van der Waals surface area contributed by atoms with Crippen LogP contribution in [0.15, 0.2) is 48.5 Å². The van der Waals surface area contributed by atoms with Crippen LogP contribution in [0.1, 0.15) is 29.8 Å². The second-order valence-corrected chi connectivity index (χ2v) is 5.53. The van der Waals surface area contributed by atoms with Crippen LogP contribution in [0.3, 0.4) is 0 Å². The molecule has 0 radical (unpaired) electrons. The van der Waals surface area contributed by atoms with Crippen LogP contribution >= 0.6 is 11.6 Å². The topological polar surface area (TPSA) is 55.4 Å². The maximum absolute atomic E-state index is 12.0. The third-order valence-corrected chi connectivity index (χ3v) is 3.61. The summed E-state index contributed by atoms with van der Waals surface area (Å²) in [7, 11) is 0. The Morgan fingerprint density at radius 3 is 2.26 bits per heavy atom. The predicted molar refractivity (Wildman–Crippen MR) is 90.8 cm³/mol. The van der Waals surface area contributed by atoms with E-state index in [4.69, 9.17) is 16.3 Å². The fraction of sp³-hybridized carbons (Fsp3) is 0.222. The SMILES string of the molecule is CCc1ccc(C(=O)O[C@@H](C)C(=O)Nc2ccc(Cl)cc2)cc1.